The molecule has 8 heteroatoms. The molecule has 3 aromatic carbocycles. The number of urea groups is 1. The van der Waals surface area contributed by atoms with Crippen LogP contribution in [0.25, 0.3) is 17.0 Å². The van der Waals surface area contributed by atoms with Gasteiger partial charge in [-0.05, 0) is 55.5 Å². The van der Waals surface area contributed by atoms with Crippen molar-refractivity contribution in [3.8, 4) is 5.75 Å². The van der Waals surface area contributed by atoms with Gasteiger partial charge < -0.3 is 9.30 Å². The number of fused-ring (bicyclic) bond motifs is 1. The van der Waals surface area contributed by atoms with E-state index in [4.69, 9.17) is 16.3 Å². The maximum atomic E-state index is 13.2. The van der Waals surface area contributed by atoms with Gasteiger partial charge in [0.2, 0.25) is 0 Å². The quantitative estimate of drug-likeness (QED) is 0.286. The van der Waals surface area contributed by atoms with Gasteiger partial charge in [0.25, 0.3) is 11.8 Å². The second kappa shape index (κ2) is 9.71. The minimum Gasteiger partial charge on any atom is -0.492 e. The summed E-state index contributed by atoms with van der Waals surface area (Å²) >= 11 is 5.94. The third-order valence-corrected chi connectivity index (χ3v) is 6.18. The lowest BCUT2D eigenvalue weighted by atomic mass is 10.1. The van der Waals surface area contributed by atoms with Crippen molar-refractivity contribution in [2.75, 3.05) is 11.5 Å². The molecule has 0 radical (unpaired) electrons. The van der Waals surface area contributed by atoms with Crippen molar-refractivity contribution >= 4 is 52.1 Å². The fourth-order valence-corrected chi connectivity index (χ4v) is 4.24. The largest absolute Gasteiger partial charge is 0.492 e. The molecule has 0 unspecified atom stereocenters. The van der Waals surface area contributed by atoms with Crippen molar-refractivity contribution in [2.24, 2.45) is 0 Å². The summed E-state index contributed by atoms with van der Waals surface area (Å²) in [6, 6.07) is 21.0. The van der Waals surface area contributed by atoms with E-state index in [2.05, 4.69) is 5.32 Å². The van der Waals surface area contributed by atoms with E-state index in [0.717, 1.165) is 27.1 Å². The Morgan fingerprint density at radius 1 is 0.944 bits per heavy atom. The molecule has 1 aromatic heterocycles. The highest BCUT2D eigenvalue weighted by molar-refractivity contribution is 6.39. The van der Waals surface area contributed by atoms with Crippen molar-refractivity contribution in [3.63, 3.8) is 0 Å². The molecule has 1 fully saturated rings. The van der Waals surface area contributed by atoms with E-state index in [1.54, 1.807) is 24.3 Å². The Morgan fingerprint density at radius 2 is 1.67 bits per heavy atom. The Kier molecular flexibility index (Phi) is 6.31. The zero-order valence-corrected chi connectivity index (χ0v) is 20.2. The van der Waals surface area contributed by atoms with Gasteiger partial charge >= 0.3 is 6.03 Å². The Balaban J connectivity index is 1.44. The van der Waals surface area contributed by atoms with Gasteiger partial charge in [0, 0.05) is 27.7 Å². The van der Waals surface area contributed by atoms with Crippen LogP contribution in [0.5, 0.6) is 5.75 Å². The van der Waals surface area contributed by atoms with E-state index in [0.29, 0.717) is 29.4 Å². The van der Waals surface area contributed by atoms with E-state index in [1.807, 2.05) is 66.2 Å². The number of imide groups is 2. The summed E-state index contributed by atoms with van der Waals surface area (Å²) in [6.45, 7) is 3.02. The van der Waals surface area contributed by atoms with Crippen molar-refractivity contribution < 1.29 is 19.1 Å². The summed E-state index contributed by atoms with van der Waals surface area (Å²) in [5.74, 6) is -0.656. The number of carbonyl (C=O) groups is 3. The number of rotatable bonds is 6. The highest BCUT2D eigenvalue weighted by atomic mass is 35.5. The normalized spacial score (nSPS) is 15.0. The van der Waals surface area contributed by atoms with E-state index >= 15 is 0 Å². The van der Waals surface area contributed by atoms with Crippen LogP contribution in [0.2, 0.25) is 5.02 Å². The molecule has 180 valence electrons. The number of nitrogens with zero attached hydrogens (tertiary/aromatic N) is 2. The molecule has 7 nitrogen and oxygen atoms in total. The second-order valence-corrected chi connectivity index (χ2v) is 8.83. The van der Waals surface area contributed by atoms with E-state index in [-0.39, 0.29) is 5.57 Å². The Hall–Kier alpha value is -4.36. The molecule has 1 aliphatic rings. The summed E-state index contributed by atoms with van der Waals surface area (Å²) in [5, 5.41) is 3.59. The molecular formula is C28H22ClN3O4. The molecule has 1 N–H and O–H groups in total. The minimum absolute atomic E-state index is 0.136. The summed E-state index contributed by atoms with van der Waals surface area (Å²) < 4.78 is 7.90. The van der Waals surface area contributed by atoms with Crippen molar-refractivity contribution in [1.82, 2.24) is 9.88 Å². The van der Waals surface area contributed by atoms with Gasteiger partial charge in [-0.2, -0.15) is 0 Å². The lowest BCUT2D eigenvalue weighted by molar-refractivity contribution is -0.122. The summed E-state index contributed by atoms with van der Waals surface area (Å²) in [6.07, 6.45) is 3.40. The first-order chi connectivity index (χ1) is 17.4. The van der Waals surface area contributed by atoms with Crippen LogP contribution in [0, 0.1) is 6.92 Å². The molecule has 0 bridgehead atoms. The van der Waals surface area contributed by atoms with Crippen molar-refractivity contribution in [3.05, 3.63) is 101 Å². The Labute approximate surface area is 212 Å². The first-order valence-electron chi connectivity index (χ1n) is 11.3. The van der Waals surface area contributed by atoms with Crippen LogP contribution in [0.4, 0.5) is 10.5 Å². The first-order valence-corrected chi connectivity index (χ1v) is 11.7. The molecule has 0 atom stereocenters. The number of halogens is 1. The molecule has 0 spiro atoms. The van der Waals surface area contributed by atoms with Gasteiger partial charge in [-0.1, -0.05) is 47.5 Å². The molecule has 4 aromatic rings. The fourth-order valence-electron chi connectivity index (χ4n) is 4.11. The molecule has 2 heterocycles. The van der Waals surface area contributed by atoms with Crippen LogP contribution in [0.3, 0.4) is 0 Å². The lowest BCUT2D eigenvalue weighted by Crippen LogP contribution is -2.54. The number of hydrogen-bond acceptors (Lipinski definition) is 4. The number of para-hydroxylation sites is 1. The maximum Gasteiger partial charge on any atom is 0.335 e. The fraction of sp³-hybridized carbons (Fsp3) is 0.107. The summed E-state index contributed by atoms with van der Waals surface area (Å²) in [4.78, 5) is 39.3. The first kappa shape index (κ1) is 23.4. The third-order valence-electron chi connectivity index (χ3n) is 5.93. The topological polar surface area (TPSA) is 80.6 Å². The number of barbiturate groups is 1. The van der Waals surface area contributed by atoms with Crippen LogP contribution in [0.15, 0.2) is 84.6 Å². The standard InChI is InChI=1S/C28H22ClN3O4/c1-18-6-12-22(13-7-18)36-15-14-31-17-19(23-4-2-3-5-25(23)31)16-24-26(33)30-28(35)32(27(24)34)21-10-8-20(29)9-11-21/h2-13,16-17H,14-15H2,1H3,(H,30,33,35)/b24-16-. The SMILES string of the molecule is Cc1ccc(OCCn2cc(/C=C3/C(=O)NC(=O)N(c4ccc(Cl)cc4)C3=O)c3ccccc32)cc1. The van der Waals surface area contributed by atoms with Crippen LogP contribution in [-0.4, -0.2) is 29.0 Å². The predicted octanol–water partition coefficient (Wildman–Crippen LogP) is 5.35. The molecular weight excluding hydrogens is 478 g/mol. The van der Waals surface area contributed by atoms with Crippen LogP contribution in [0.1, 0.15) is 11.1 Å². The molecule has 0 aliphatic carbocycles. The molecule has 0 saturated carbocycles. The number of anilines is 1. The lowest BCUT2D eigenvalue weighted by Gasteiger charge is -2.26. The molecule has 36 heavy (non-hydrogen) atoms. The third kappa shape index (κ3) is 4.61. The number of carbonyl (C=O) groups excluding carboxylic acids is 3. The Bertz CT molecular complexity index is 1500. The van der Waals surface area contributed by atoms with Gasteiger partial charge in [-0.15, -0.1) is 0 Å². The smallest absolute Gasteiger partial charge is 0.335 e. The van der Waals surface area contributed by atoms with Crippen molar-refractivity contribution in [2.45, 2.75) is 13.5 Å². The van der Waals surface area contributed by atoms with Crippen LogP contribution < -0.4 is 15.0 Å². The Morgan fingerprint density at radius 3 is 2.42 bits per heavy atom. The number of aromatic nitrogens is 1. The number of ether oxygens (including phenoxy) is 1. The number of hydrogen-bond donors (Lipinski definition) is 1. The number of amides is 4. The van der Waals surface area contributed by atoms with Gasteiger partial charge in [0.05, 0.1) is 12.2 Å². The number of benzene rings is 3. The van der Waals surface area contributed by atoms with Crippen LogP contribution >= 0.6 is 11.6 Å². The minimum atomic E-state index is -0.805. The second-order valence-electron chi connectivity index (χ2n) is 8.39. The highest BCUT2D eigenvalue weighted by Crippen LogP contribution is 2.27. The zero-order chi connectivity index (χ0) is 25.2. The molecule has 1 aliphatic heterocycles. The maximum absolute atomic E-state index is 13.2. The molecule has 1 saturated heterocycles. The van der Waals surface area contributed by atoms with Crippen molar-refractivity contribution in [1.29, 1.82) is 0 Å². The number of nitrogens with one attached hydrogen (secondary N) is 1. The summed E-state index contributed by atoms with van der Waals surface area (Å²) in [7, 11) is 0. The number of aryl methyl sites for hydroxylation is 1. The van der Waals surface area contributed by atoms with Gasteiger partial charge in [-0.3, -0.25) is 14.9 Å². The average molecular weight is 500 g/mol. The van der Waals surface area contributed by atoms with Crippen LogP contribution in [-0.2, 0) is 16.1 Å². The van der Waals surface area contributed by atoms with E-state index in [1.165, 1.54) is 6.08 Å². The average Bonchev–Trinajstić information content (AvgIpc) is 3.21. The monoisotopic (exact) mass is 499 g/mol. The van der Waals surface area contributed by atoms with Gasteiger partial charge in [0.15, 0.2) is 0 Å². The molecule has 5 rings (SSSR count). The summed E-state index contributed by atoms with van der Waals surface area (Å²) in [5.41, 5.74) is 2.96. The predicted molar refractivity (Wildman–Crippen MR) is 139 cm³/mol. The van der Waals surface area contributed by atoms with Gasteiger partial charge in [-0.25, -0.2) is 9.69 Å². The van der Waals surface area contributed by atoms with E-state index in [9.17, 15) is 14.4 Å². The van der Waals surface area contributed by atoms with Gasteiger partial charge in [0.1, 0.15) is 17.9 Å². The van der Waals surface area contributed by atoms with E-state index < -0.39 is 17.8 Å². The molecule has 4 amide bonds. The zero-order valence-electron chi connectivity index (χ0n) is 19.4. The highest BCUT2D eigenvalue weighted by Gasteiger charge is 2.37.